The summed E-state index contributed by atoms with van der Waals surface area (Å²) in [5, 5.41) is -0.946. The number of thiazole rings is 1. The number of nitrogens with zero attached hydrogens (tertiary/aromatic N) is 1. The summed E-state index contributed by atoms with van der Waals surface area (Å²) < 4.78 is 49.4. The van der Waals surface area contributed by atoms with Crippen molar-refractivity contribution in [3.05, 3.63) is 29.0 Å². The molecule has 0 aliphatic carbocycles. The van der Waals surface area contributed by atoms with Gasteiger partial charge in [0.1, 0.15) is 5.82 Å². The maximum absolute atomic E-state index is 12.6. The van der Waals surface area contributed by atoms with Crippen molar-refractivity contribution in [3.63, 3.8) is 0 Å². The van der Waals surface area contributed by atoms with E-state index < -0.39 is 17.0 Å². The van der Waals surface area contributed by atoms with Crippen LogP contribution in [-0.2, 0) is 6.18 Å². The van der Waals surface area contributed by atoms with Gasteiger partial charge in [0, 0.05) is 0 Å². The Labute approximate surface area is 80.0 Å². The minimum atomic E-state index is -4.46. The lowest BCUT2D eigenvalue weighted by Crippen LogP contribution is -2.03. The zero-order valence-electron chi connectivity index (χ0n) is 6.60. The summed E-state index contributed by atoms with van der Waals surface area (Å²) >= 11 is 0.442. The normalized spacial score (nSPS) is 12.3. The van der Waals surface area contributed by atoms with E-state index in [0.29, 0.717) is 11.3 Å². The number of benzene rings is 1. The highest BCUT2D eigenvalue weighted by molar-refractivity contribution is 7.18. The second-order valence-electron chi connectivity index (χ2n) is 2.63. The van der Waals surface area contributed by atoms with Crippen LogP contribution in [0, 0.1) is 5.82 Å². The number of rotatable bonds is 0. The molecule has 0 radical (unpaired) electrons. The molecular weight excluding hydrogens is 218 g/mol. The molecule has 1 heterocycles. The van der Waals surface area contributed by atoms with Crippen LogP contribution < -0.4 is 0 Å². The van der Waals surface area contributed by atoms with E-state index in [2.05, 4.69) is 4.98 Å². The van der Waals surface area contributed by atoms with E-state index in [-0.39, 0.29) is 10.2 Å². The average Bonchev–Trinajstić information content (AvgIpc) is 2.45. The molecule has 0 aliphatic heterocycles. The van der Waals surface area contributed by atoms with Gasteiger partial charge in [-0.3, -0.25) is 0 Å². The van der Waals surface area contributed by atoms with Gasteiger partial charge in [0.25, 0.3) is 0 Å². The van der Waals surface area contributed by atoms with E-state index in [1.165, 1.54) is 6.07 Å². The second kappa shape index (κ2) is 2.91. The van der Waals surface area contributed by atoms with Crippen molar-refractivity contribution in [2.45, 2.75) is 6.18 Å². The number of hydrogen-bond acceptors (Lipinski definition) is 2. The first-order valence-corrected chi connectivity index (χ1v) is 4.42. The summed E-state index contributed by atoms with van der Waals surface area (Å²) in [7, 11) is 0. The number of fused-ring (bicyclic) bond motifs is 1. The predicted octanol–water partition coefficient (Wildman–Crippen LogP) is 3.45. The highest BCUT2D eigenvalue weighted by atomic mass is 32.1. The monoisotopic (exact) mass is 221 g/mol. The fourth-order valence-electron chi connectivity index (χ4n) is 1.02. The lowest BCUT2D eigenvalue weighted by Gasteiger charge is -1.98. The third-order valence-corrected chi connectivity index (χ3v) is 2.66. The van der Waals surface area contributed by atoms with Crippen LogP contribution in [0.5, 0.6) is 0 Å². The summed E-state index contributed by atoms with van der Waals surface area (Å²) in [6.07, 6.45) is -4.46. The fraction of sp³-hybridized carbons (Fsp3) is 0.125. The molecule has 0 aliphatic rings. The van der Waals surface area contributed by atoms with Gasteiger partial charge in [-0.25, -0.2) is 9.37 Å². The highest BCUT2D eigenvalue weighted by Gasteiger charge is 2.34. The van der Waals surface area contributed by atoms with Crippen molar-refractivity contribution in [3.8, 4) is 0 Å². The maximum Gasteiger partial charge on any atom is 0.443 e. The molecule has 0 unspecified atom stereocenters. The Morgan fingerprint density at radius 2 is 1.93 bits per heavy atom. The van der Waals surface area contributed by atoms with E-state index in [4.69, 9.17) is 0 Å². The van der Waals surface area contributed by atoms with E-state index in [1.54, 1.807) is 0 Å². The van der Waals surface area contributed by atoms with Crippen LogP contribution in [0.15, 0.2) is 18.2 Å². The van der Waals surface area contributed by atoms with Crippen LogP contribution in [0.25, 0.3) is 10.2 Å². The van der Waals surface area contributed by atoms with Crippen molar-refractivity contribution in [1.29, 1.82) is 0 Å². The molecule has 0 amide bonds. The Balaban J connectivity index is 2.63. The highest BCUT2D eigenvalue weighted by Crippen LogP contribution is 2.35. The molecule has 14 heavy (non-hydrogen) atoms. The lowest BCUT2D eigenvalue weighted by atomic mass is 10.3. The van der Waals surface area contributed by atoms with Crippen LogP contribution in [0.1, 0.15) is 5.01 Å². The third kappa shape index (κ3) is 1.57. The molecular formula is C8H3F4NS. The first kappa shape index (κ1) is 9.39. The van der Waals surface area contributed by atoms with Crippen LogP contribution >= 0.6 is 11.3 Å². The van der Waals surface area contributed by atoms with Gasteiger partial charge in [0.15, 0.2) is 5.01 Å². The van der Waals surface area contributed by atoms with Gasteiger partial charge in [-0.15, -0.1) is 11.3 Å². The quantitative estimate of drug-likeness (QED) is 0.621. The van der Waals surface area contributed by atoms with Gasteiger partial charge in [0.05, 0.1) is 10.2 Å². The number of alkyl halides is 3. The van der Waals surface area contributed by atoms with Crippen molar-refractivity contribution >= 4 is 21.6 Å². The zero-order chi connectivity index (χ0) is 10.3. The predicted molar refractivity (Wildman–Crippen MR) is 44.6 cm³/mol. The van der Waals surface area contributed by atoms with Gasteiger partial charge in [0.2, 0.25) is 0 Å². The Morgan fingerprint density at radius 3 is 2.57 bits per heavy atom. The van der Waals surface area contributed by atoms with Gasteiger partial charge in [-0.1, -0.05) is 0 Å². The third-order valence-electron chi connectivity index (χ3n) is 1.59. The van der Waals surface area contributed by atoms with Crippen LogP contribution in [0.2, 0.25) is 0 Å². The SMILES string of the molecule is Fc1ccc2nc(C(F)(F)F)sc2c1. The minimum Gasteiger partial charge on any atom is -0.232 e. The smallest absolute Gasteiger partial charge is 0.232 e. The van der Waals surface area contributed by atoms with Crippen molar-refractivity contribution < 1.29 is 17.6 Å². The van der Waals surface area contributed by atoms with Crippen molar-refractivity contribution in [1.82, 2.24) is 4.98 Å². The Bertz CT molecular complexity index is 474. The molecule has 0 saturated carbocycles. The summed E-state index contributed by atoms with van der Waals surface area (Å²) in [6, 6.07) is 3.36. The number of aromatic nitrogens is 1. The molecule has 1 aromatic carbocycles. The minimum absolute atomic E-state index is 0.170. The topological polar surface area (TPSA) is 12.9 Å². The average molecular weight is 221 g/mol. The molecule has 2 rings (SSSR count). The summed E-state index contributed by atoms with van der Waals surface area (Å²) in [4.78, 5) is 3.35. The Morgan fingerprint density at radius 1 is 1.21 bits per heavy atom. The van der Waals surface area contributed by atoms with Crippen LogP contribution in [-0.4, -0.2) is 4.98 Å². The molecule has 1 nitrogen and oxygen atoms in total. The zero-order valence-corrected chi connectivity index (χ0v) is 7.42. The molecule has 2 aromatic rings. The first-order chi connectivity index (χ1) is 6.47. The largest absolute Gasteiger partial charge is 0.443 e. The molecule has 0 bridgehead atoms. The molecule has 0 atom stereocenters. The standard InChI is InChI=1S/C8H3F4NS/c9-4-1-2-5-6(3-4)14-7(13-5)8(10,11)12/h1-3H. The molecule has 6 heteroatoms. The van der Waals surface area contributed by atoms with E-state index >= 15 is 0 Å². The van der Waals surface area contributed by atoms with Gasteiger partial charge in [-0.05, 0) is 18.2 Å². The van der Waals surface area contributed by atoms with Gasteiger partial charge >= 0.3 is 6.18 Å². The second-order valence-corrected chi connectivity index (χ2v) is 3.66. The summed E-state index contributed by atoms with van der Waals surface area (Å²) in [6.45, 7) is 0. The van der Waals surface area contributed by atoms with Crippen molar-refractivity contribution in [2.24, 2.45) is 0 Å². The number of halogens is 4. The molecule has 0 spiro atoms. The first-order valence-electron chi connectivity index (χ1n) is 3.60. The number of hydrogen-bond donors (Lipinski definition) is 0. The molecule has 0 saturated heterocycles. The van der Waals surface area contributed by atoms with Crippen LogP contribution in [0.4, 0.5) is 17.6 Å². The van der Waals surface area contributed by atoms with Crippen LogP contribution in [0.3, 0.4) is 0 Å². The van der Waals surface area contributed by atoms with Gasteiger partial charge < -0.3 is 0 Å². The van der Waals surface area contributed by atoms with Gasteiger partial charge in [-0.2, -0.15) is 13.2 Å². The van der Waals surface area contributed by atoms with E-state index in [1.807, 2.05) is 0 Å². The lowest BCUT2D eigenvalue weighted by molar-refractivity contribution is -0.137. The Hall–Kier alpha value is -1.17. The molecule has 0 fully saturated rings. The fourth-order valence-corrected chi connectivity index (χ4v) is 1.88. The molecule has 74 valence electrons. The Kier molecular flexibility index (Phi) is 1.95. The summed E-state index contributed by atoms with van der Waals surface area (Å²) in [5.41, 5.74) is 0.170. The molecule has 1 aromatic heterocycles. The van der Waals surface area contributed by atoms with Crippen molar-refractivity contribution in [2.75, 3.05) is 0 Å². The summed E-state index contributed by atoms with van der Waals surface area (Å²) in [5.74, 6) is -0.560. The van der Waals surface area contributed by atoms with E-state index in [0.717, 1.165) is 12.1 Å². The molecule has 0 N–H and O–H groups in total. The maximum atomic E-state index is 12.6. The van der Waals surface area contributed by atoms with E-state index in [9.17, 15) is 17.6 Å².